The van der Waals surface area contributed by atoms with Crippen LogP contribution in [0.5, 0.6) is 0 Å². The average Bonchev–Trinajstić information content (AvgIpc) is 3.39. The first-order valence-electron chi connectivity index (χ1n) is 12.8. The van der Waals surface area contributed by atoms with Crippen molar-refractivity contribution < 1.29 is 9.31 Å². The van der Waals surface area contributed by atoms with Gasteiger partial charge in [0.25, 0.3) is 0 Å². The quantitative estimate of drug-likeness (QED) is 0.203. The van der Waals surface area contributed by atoms with Gasteiger partial charge in [0.2, 0.25) is 0 Å². The van der Waals surface area contributed by atoms with E-state index in [4.69, 9.17) is 30.9 Å². The second-order valence-electron chi connectivity index (χ2n) is 10.7. The molecule has 2 aromatic heterocycles. The van der Waals surface area contributed by atoms with Crippen LogP contribution in [0, 0.1) is 0 Å². The van der Waals surface area contributed by atoms with Crippen molar-refractivity contribution in [3.63, 3.8) is 0 Å². The number of halogens is 1. The van der Waals surface area contributed by atoms with Crippen LogP contribution in [-0.2, 0) is 14.8 Å². The summed E-state index contributed by atoms with van der Waals surface area (Å²) in [5.41, 5.74) is 3.63. The Balaban J connectivity index is 1.73. The highest BCUT2D eigenvalue weighted by Crippen LogP contribution is 2.43. The number of benzene rings is 3. The zero-order valence-corrected chi connectivity index (χ0v) is 22.7. The first kappa shape index (κ1) is 24.9. The van der Waals surface area contributed by atoms with Crippen molar-refractivity contribution in [2.75, 3.05) is 0 Å². The molecule has 1 aliphatic heterocycles. The van der Waals surface area contributed by atoms with E-state index in [2.05, 4.69) is 111 Å². The lowest BCUT2D eigenvalue weighted by Crippen LogP contribution is -2.41. The maximum Gasteiger partial charge on any atom is 0.498 e. The summed E-state index contributed by atoms with van der Waals surface area (Å²) in [6.07, 6.45) is 3.66. The molecule has 0 spiro atoms. The van der Waals surface area contributed by atoms with Gasteiger partial charge < -0.3 is 13.9 Å². The number of hydrogen-bond acceptors (Lipinski definition) is 4. The minimum atomic E-state index is -0.775. The predicted octanol–water partition coefficient (Wildman–Crippen LogP) is 6.22. The van der Waals surface area contributed by atoms with E-state index >= 15 is 0 Å². The first-order chi connectivity index (χ1) is 18.2. The zero-order valence-electron chi connectivity index (χ0n) is 21.9. The Kier molecular flexibility index (Phi) is 5.95. The van der Waals surface area contributed by atoms with Gasteiger partial charge in [0.05, 0.1) is 17.4 Å². The lowest BCUT2D eigenvalue weighted by Gasteiger charge is -2.38. The normalized spacial score (nSPS) is 16.7. The van der Waals surface area contributed by atoms with Crippen molar-refractivity contribution in [1.82, 2.24) is 14.5 Å². The lowest BCUT2D eigenvalue weighted by atomic mass is 9.76. The molecule has 6 rings (SSSR count). The largest absolute Gasteiger partial charge is 0.498 e. The molecule has 0 saturated carbocycles. The molecule has 0 unspecified atom stereocenters. The van der Waals surface area contributed by atoms with Crippen molar-refractivity contribution in [3.8, 4) is 0 Å². The Morgan fingerprint density at radius 1 is 0.737 bits per heavy atom. The van der Waals surface area contributed by atoms with Gasteiger partial charge in [-0.05, 0) is 44.4 Å². The van der Waals surface area contributed by atoms with Gasteiger partial charge in [-0.2, -0.15) is 0 Å². The molecule has 7 heteroatoms. The standard InChI is InChI=1S/C31H29BClN3O2/c1-29(2)30(3,4)38-32(37-29)25-21-36(28-27(25)34-20-26(33)35-28)31(22-14-8-5-9-15-22,23-16-10-6-11-17-23)24-18-12-7-13-19-24/h5-21H,1-4H3. The van der Waals surface area contributed by atoms with Crippen LogP contribution in [0.15, 0.2) is 103 Å². The molecule has 0 atom stereocenters. The third-order valence-corrected chi connectivity index (χ3v) is 8.12. The molecule has 0 amide bonds. The lowest BCUT2D eigenvalue weighted by molar-refractivity contribution is 0.00578. The molecule has 5 aromatic rings. The minimum Gasteiger partial charge on any atom is -0.399 e. The first-order valence-corrected chi connectivity index (χ1v) is 13.2. The van der Waals surface area contributed by atoms with Gasteiger partial charge in [-0.25, -0.2) is 4.98 Å². The third kappa shape index (κ3) is 3.78. The maximum atomic E-state index is 6.50. The van der Waals surface area contributed by atoms with E-state index in [0.717, 1.165) is 22.2 Å². The number of aromatic nitrogens is 3. The van der Waals surface area contributed by atoms with Crippen LogP contribution in [0.1, 0.15) is 44.4 Å². The molecule has 1 fully saturated rings. The molecule has 0 bridgehead atoms. The zero-order chi connectivity index (χ0) is 26.5. The topological polar surface area (TPSA) is 49.2 Å². The molecule has 1 aliphatic rings. The predicted molar refractivity (Wildman–Crippen MR) is 153 cm³/mol. The van der Waals surface area contributed by atoms with E-state index in [1.54, 1.807) is 6.20 Å². The molecule has 5 nitrogen and oxygen atoms in total. The summed E-state index contributed by atoms with van der Waals surface area (Å²) < 4.78 is 15.2. The summed E-state index contributed by atoms with van der Waals surface area (Å²) >= 11 is 6.49. The molecule has 3 aromatic carbocycles. The molecule has 3 heterocycles. The summed E-state index contributed by atoms with van der Waals surface area (Å²) in [4.78, 5) is 9.60. The van der Waals surface area contributed by atoms with E-state index in [9.17, 15) is 0 Å². The fourth-order valence-electron chi connectivity index (χ4n) is 5.35. The highest BCUT2D eigenvalue weighted by molar-refractivity contribution is 6.65. The fraction of sp³-hybridized carbons (Fsp3) is 0.226. The molecule has 190 valence electrons. The summed E-state index contributed by atoms with van der Waals surface area (Å²) in [7, 11) is -0.612. The van der Waals surface area contributed by atoms with Gasteiger partial charge in [-0.3, -0.25) is 4.98 Å². The van der Waals surface area contributed by atoms with Crippen molar-refractivity contribution in [1.29, 1.82) is 0 Å². The minimum absolute atomic E-state index is 0.320. The van der Waals surface area contributed by atoms with Crippen LogP contribution < -0.4 is 5.46 Å². The molecule has 0 aliphatic carbocycles. The fourth-order valence-corrected chi connectivity index (χ4v) is 5.47. The van der Waals surface area contributed by atoms with Crippen LogP contribution in [-0.4, -0.2) is 32.9 Å². The number of fused-ring (bicyclic) bond motifs is 1. The van der Waals surface area contributed by atoms with Crippen molar-refractivity contribution in [3.05, 3.63) is 125 Å². The van der Waals surface area contributed by atoms with E-state index in [0.29, 0.717) is 16.3 Å². The Bertz CT molecular complexity index is 1470. The van der Waals surface area contributed by atoms with Crippen molar-refractivity contribution in [2.45, 2.75) is 44.4 Å². The van der Waals surface area contributed by atoms with Gasteiger partial charge >= 0.3 is 7.12 Å². The van der Waals surface area contributed by atoms with Crippen LogP contribution in [0.3, 0.4) is 0 Å². The third-order valence-electron chi connectivity index (χ3n) is 7.94. The number of hydrogen-bond donors (Lipinski definition) is 0. The summed E-state index contributed by atoms with van der Waals surface area (Å²) in [5, 5.41) is 0.320. The van der Waals surface area contributed by atoms with Gasteiger partial charge in [0.15, 0.2) is 5.65 Å². The molecule has 0 radical (unpaired) electrons. The molecule has 1 saturated heterocycles. The number of rotatable bonds is 5. The highest BCUT2D eigenvalue weighted by Gasteiger charge is 2.53. The van der Waals surface area contributed by atoms with Crippen LogP contribution >= 0.6 is 11.6 Å². The van der Waals surface area contributed by atoms with Gasteiger partial charge in [-0.15, -0.1) is 0 Å². The van der Waals surface area contributed by atoms with Crippen LogP contribution in [0.2, 0.25) is 5.15 Å². The summed E-state index contributed by atoms with van der Waals surface area (Å²) in [5.74, 6) is 0. The van der Waals surface area contributed by atoms with Gasteiger partial charge in [0, 0.05) is 11.7 Å². The molecule has 0 N–H and O–H groups in total. The smallest absolute Gasteiger partial charge is 0.399 e. The molecular formula is C31H29BClN3O2. The second-order valence-corrected chi connectivity index (χ2v) is 11.1. The average molecular weight is 522 g/mol. The second kappa shape index (κ2) is 9.09. The van der Waals surface area contributed by atoms with Crippen molar-refractivity contribution in [2.24, 2.45) is 0 Å². The van der Waals surface area contributed by atoms with E-state index in [-0.39, 0.29) is 0 Å². The van der Waals surface area contributed by atoms with Crippen molar-refractivity contribution >= 4 is 35.3 Å². The Hall–Kier alpha value is -3.45. The maximum absolute atomic E-state index is 6.50. The summed E-state index contributed by atoms with van der Waals surface area (Å²) in [6, 6.07) is 31.4. The van der Waals surface area contributed by atoms with Crippen LogP contribution in [0.4, 0.5) is 0 Å². The van der Waals surface area contributed by atoms with E-state index in [1.807, 2.05) is 18.2 Å². The van der Waals surface area contributed by atoms with E-state index < -0.39 is 23.9 Å². The Labute approximate surface area is 228 Å². The van der Waals surface area contributed by atoms with E-state index in [1.165, 1.54) is 0 Å². The monoisotopic (exact) mass is 521 g/mol. The van der Waals surface area contributed by atoms with Gasteiger partial charge in [0.1, 0.15) is 16.2 Å². The SMILES string of the molecule is CC1(C)OB(c2cn(C(c3ccccc3)(c3ccccc3)c3ccccc3)c3nc(Cl)cnc23)OC1(C)C. The number of nitrogens with zero attached hydrogens (tertiary/aromatic N) is 3. The molecule has 38 heavy (non-hydrogen) atoms. The van der Waals surface area contributed by atoms with Crippen LogP contribution in [0.25, 0.3) is 11.2 Å². The summed E-state index contributed by atoms with van der Waals surface area (Å²) in [6.45, 7) is 8.21. The Morgan fingerprint density at radius 3 is 1.63 bits per heavy atom. The Morgan fingerprint density at radius 2 is 1.18 bits per heavy atom. The van der Waals surface area contributed by atoms with Gasteiger partial charge in [-0.1, -0.05) is 103 Å². The molecular weight excluding hydrogens is 493 g/mol. The highest BCUT2D eigenvalue weighted by atomic mass is 35.5.